The number of ether oxygens (including phenoxy) is 1. The number of alkyl carbamates (subject to hydrolysis) is 1. The molecule has 0 saturated carbocycles. The van der Waals surface area contributed by atoms with E-state index in [0.717, 1.165) is 24.3 Å². The molecule has 246 valence electrons. The predicted octanol–water partition coefficient (Wildman–Crippen LogP) is -1.25. The van der Waals surface area contributed by atoms with Crippen molar-refractivity contribution < 1.29 is 106 Å². The third kappa shape index (κ3) is 16.3. The van der Waals surface area contributed by atoms with Crippen molar-refractivity contribution in [3.05, 3.63) is 35.4 Å². The minimum atomic E-state index is -5.09. The Bertz CT molecular complexity index is 1320. The molecule has 2 amide bonds. The molecule has 44 heavy (non-hydrogen) atoms. The molecule has 1 aromatic rings. The molecule has 18 heteroatoms. The molecule has 0 heterocycles. The quantitative estimate of drug-likeness (QED) is 0.0611. The fourth-order valence-corrected chi connectivity index (χ4v) is 5.38. The molecule has 0 saturated heterocycles. The van der Waals surface area contributed by atoms with Crippen LogP contribution in [0.3, 0.4) is 0 Å². The van der Waals surface area contributed by atoms with E-state index >= 15 is 0 Å². The zero-order chi connectivity index (χ0) is 32.3. The van der Waals surface area contributed by atoms with E-state index in [2.05, 4.69) is 10.6 Å². The third-order valence-electron chi connectivity index (χ3n) is 5.83. The Morgan fingerprint density at radius 1 is 0.932 bits per heavy atom. The van der Waals surface area contributed by atoms with Crippen LogP contribution in [-0.2, 0) is 29.8 Å². The minimum Gasteiger partial charge on any atom is -0.747 e. The van der Waals surface area contributed by atoms with Gasteiger partial charge in [0, 0.05) is 17.5 Å². The molecule has 3 unspecified atom stereocenters. The molecule has 0 aliphatic rings. The largest absolute Gasteiger partial charge is 1.00 e. The summed E-state index contributed by atoms with van der Waals surface area (Å²) >= 11 is 0. The zero-order valence-corrected chi connectivity index (χ0v) is 29.3. The number of carbonyl (C=O) groups is 4. The number of benzene rings is 1. The van der Waals surface area contributed by atoms with E-state index < -0.39 is 79.0 Å². The van der Waals surface area contributed by atoms with Gasteiger partial charge in [-0.3, -0.25) is 23.3 Å². The van der Waals surface area contributed by atoms with Crippen molar-refractivity contribution in [3.63, 3.8) is 0 Å². The molecule has 0 radical (unpaired) electrons. The van der Waals surface area contributed by atoms with Crippen LogP contribution >= 0.6 is 0 Å². The average Bonchev–Trinajstić information content (AvgIpc) is 2.84. The number of ketones is 2. The van der Waals surface area contributed by atoms with Gasteiger partial charge in [0.05, 0.1) is 6.67 Å². The van der Waals surface area contributed by atoms with Crippen LogP contribution in [0.25, 0.3) is 0 Å². The van der Waals surface area contributed by atoms with Gasteiger partial charge in [0.2, 0.25) is 5.91 Å². The number of hydrogen-bond donors (Lipinski definition) is 4. The van der Waals surface area contributed by atoms with Crippen LogP contribution in [0, 0.1) is 0 Å². The Morgan fingerprint density at radius 2 is 1.43 bits per heavy atom. The van der Waals surface area contributed by atoms with Gasteiger partial charge >= 0.3 is 57.5 Å². The summed E-state index contributed by atoms with van der Waals surface area (Å²) < 4.78 is 85.1. The standard InChI is InChI=1S/C25H38FN3O11S2.CH4.K/c1-25(2,3)40-24(33)29-18(23(27)32)6-4-5-14-28-15-12-20(42(37,38)39)22(31)17-9-7-16(8-10-17)21(30)19(11-13-26)41(34,35)36;;/h7-10,18-20,28H,4-6,11-15H2,1-3H3,(H2,27,32)(H,29,33)(H,34,35,36)(H,37,38,39);1H4;/q;;+1/p-1. The summed E-state index contributed by atoms with van der Waals surface area (Å²) in [5, 5.41) is 1.28. The Balaban J connectivity index is 0. The van der Waals surface area contributed by atoms with Crippen molar-refractivity contribution >= 4 is 43.8 Å². The topological polar surface area (TPSA) is 239 Å². The number of primary amides is 1. The summed E-state index contributed by atoms with van der Waals surface area (Å²) in [5.41, 5.74) is 4.05. The molecule has 3 atom stereocenters. The van der Waals surface area contributed by atoms with Gasteiger partial charge < -0.3 is 25.7 Å². The van der Waals surface area contributed by atoms with Gasteiger partial charge in [0.25, 0.3) is 10.1 Å². The summed E-state index contributed by atoms with van der Waals surface area (Å²) in [4.78, 5) is 48.7. The zero-order valence-electron chi connectivity index (χ0n) is 24.5. The molecule has 0 spiro atoms. The Hall–Kier alpha value is -1.35. The van der Waals surface area contributed by atoms with Gasteiger partial charge in [-0.2, -0.15) is 8.42 Å². The normalized spacial score (nSPS) is 13.8. The molecule has 0 bridgehead atoms. The van der Waals surface area contributed by atoms with Crippen LogP contribution in [0.15, 0.2) is 24.3 Å². The molecule has 0 aliphatic carbocycles. The number of amides is 2. The van der Waals surface area contributed by atoms with Crippen LogP contribution in [0.5, 0.6) is 0 Å². The number of carbonyl (C=O) groups excluding carboxylic acids is 4. The van der Waals surface area contributed by atoms with E-state index in [0.29, 0.717) is 19.4 Å². The molecule has 1 rings (SSSR count). The van der Waals surface area contributed by atoms with Gasteiger partial charge in [0.15, 0.2) is 16.8 Å². The first-order valence-electron chi connectivity index (χ1n) is 12.9. The summed E-state index contributed by atoms with van der Waals surface area (Å²) in [6.45, 7) is 4.08. The van der Waals surface area contributed by atoms with E-state index in [1.807, 2.05) is 0 Å². The average molecular weight is 694 g/mol. The van der Waals surface area contributed by atoms with Crippen LogP contribution in [0.1, 0.15) is 81.0 Å². The van der Waals surface area contributed by atoms with Gasteiger partial charge in [-0.05, 0) is 59.5 Å². The molecule has 0 aromatic heterocycles. The third-order valence-corrected chi connectivity index (χ3v) is 8.15. The van der Waals surface area contributed by atoms with Crippen LogP contribution < -0.4 is 67.8 Å². The molecule has 0 fully saturated rings. The van der Waals surface area contributed by atoms with E-state index in [9.17, 15) is 49.5 Å². The Morgan fingerprint density at radius 3 is 1.84 bits per heavy atom. The van der Waals surface area contributed by atoms with Crippen molar-refractivity contribution in [1.82, 2.24) is 10.6 Å². The van der Waals surface area contributed by atoms with Crippen molar-refractivity contribution in [2.24, 2.45) is 5.73 Å². The maximum atomic E-state index is 12.8. The van der Waals surface area contributed by atoms with Crippen LogP contribution in [-0.4, -0.2) is 91.4 Å². The van der Waals surface area contributed by atoms with Crippen LogP contribution in [0.4, 0.5) is 9.18 Å². The second-order valence-corrected chi connectivity index (χ2v) is 13.6. The summed E-state index contributed by atoms with van der Waals surface area (Å²) in [6.07, 6.45) is -0.825. The van der Waals surface area contributed by atoms with Crippen molar-refractivity contribution in [3.8, 4) is 0 Å². The monoisotopic (exact) mass is 693 g/mol. The van der Waals surface area contributed by atoms with Gasteiger partial charge in [0.1, 0.15) is 27.0 Å². The first-order chi connectivity index (χ1) is 19.3. The fraction of sp³-hybridized carbons (Fsp3) is 0.615. The molecule has 14 nitrogen and oxygen atoms in total. The van der Waals surface area contributed by atoms with Gasteiger partial charge in [-0.1, -0.05) is 31.7 Å². The molecule has 0 aliphatic heterocycles. The van der Waals surface area contributed by atoms with E-state index in [1.165, 1.54) is 0 Å². The van der Waals surface area contributed by atoms with Crippen LogP contribution in [0.2, 0.25) is 0 Å². The van der Waals surface area contributed by atoms with E-state index in [-0.39, 0.29) is 89.3 Å². The maximum Gasteiger partial charge on any atom is 1.00 e. The number of halogens is 1. The predicted molar refractivity (Wildman–Crippen MR) is 155 cm³/mol. The van der Waals surface area contributed by atoms with Crippen molar-refractivity contribution in [2.75, 3.05) is 19.8 Å². The smallest absolute Gasteiger partial charge is 0.747 e. The minimum absolute atomic E-state index is 0. The molecular weight excluding hydrogens is 653 g/mol. The van der Waals surface area contributed by atoms with E-state index in [4.69, 9.17) is 10.5 Å². The Kier molecular flexibility index (Phi) is 20.4. The number of rotatable bonds is 18. The number of nitrogens with two attached hydrogens (primary N) is 1. The number of hydrogen-bond acceptors (Lipinski definition) is 11. The molecule has 5 N–H and O–H groups in total. The fourth-order valence-electron chi connectivity index (χ4n) is 3.78. The number of alkyl halides is 1. The summed E-state index contributed by atoms with van der Waals surface area (Å²) in [6, 6.07) is 3.11. The van der Waals surface area contributed by atoms with Gasteiger partial charge in [-0.25, -0.2) is 13.2 Å². The molecular formula is C26H41FKN3O11S2. The maximum absolute atomic E-state index is 12.8. The Labute approximate surface area is 300 Å². The number of Topliss-reactive ketones (excluding diaryl/α,β-unsaturated/α-hetero) is 2. The second-order valence-electron chi connectivity index (χ2n) is 10.4. The van der Waals surface area contributed by atoms with E-state index in [1.54, 1.807) is 20.8 Å². The van der Waals surface area contributed by atoms with Crippen molar-refractivity contribution in [1.29, 1.82) is 0 Å². The number of unbranched alkanes of at least 4 members (excludes halogenated alkanes) is 1. The SMILES string of the molecule is C.CC(C)(C)OC(=O)NC(CCCCNCCC(C(=O)c1ccc(C(=O)C(CCF)S(=O)(=O)O)cc1)S(=O)(=O)[O-])C(N)=O.[K+]. The number of nitrogens with one attached hydrogen (secondary N) is 2. The summed E-state index contributed by atoms with van der Waals surface area (Å²) in [7, 11) is -9.98. The van der Waals surface area contributed by atoms with Gasteiger partial charge in [-0.15, -0.1) is 0 Å². The first-order valence-corrected chi connectivity index (χ1v) is 15.9. The summed E-state index contributed by atoms with van der Waals surface area (Å²) in [5.74, 6) is -2.90. The molecule has 1 aromatic carbocycles. The second kappa shape index (κ2) is 20.0. The first kappa shape index (κ1) is 44.8. The van der Waals surface area contributed by atoms with Crippen molar-refractivity contribution in [2.45, 2.75) is 82.4 Å².